The van der Waals surface area contributed by atoms with Gasteiger partial charge in [0.2, 0.25) is 10.0 Å². The number of aromatic nitrogens is 3. The fourth-order valence-electron chi connectivity index (χ4n) is 5.88. The summed E-state index contributed by atoms with van der Waals surface area (Å²) in [5.74, 6) is 0.493. The van der Waals surface area contributed by atoms with Gasteiger partial charge < -0.3 is 20.6 Å². The molecule has 3 aliphatic heterocycles. The van der Waals surface area contributed by atoms with Crippen molar-refractivity contribution >= 4 is 44.7 Å². The normalized spacial score (nSPS) is 23.7. The standard InChI is InChI=1S/C27H35ClN8O4S/c1-41(39,40)32-21-7-6-17(28)11-19(21)27(38)35-10-3-2-5-23(35)22-13-25-30-18(14-33-8-4-9-33)12-26(36(25)31-22)34-15-20(29)24(37)16-34/h6-7,11-13,20,23-24,32,37H,2-5,8-10,14-16,29H2,1H3/t20-,23-,24-/m0/s1. The molecule has 4 N–H and O–H groups in total. The Morgan fingerprint density at radius 2 is 1.95 bits per heavy atom. The molecule has 0 saturated carbocycles. The van der Waals surface area contributed by atoms with E-state index in [4.69, 9.17) is 27.4 Å². The molecule has 220 valence electrons. The van der Waals surface area contributed by atoms with E-state index < -0.39 is 16.1 Å². The number of halogens is 1. The lowest BCUT2D eigenvalue weighted by atomic mass is 9.98. The number of sulfonamides is 1. The number of carbonyl (C=O) groups excluding carboxylic acids is 1. The maximum absolute atomic E-state index is 13.9. The number of nitrogens with one attached hydrogen (secondary N) is 1. The van der Waals surface area contributed by atoms with Gasteiger partial charge in [0.1, 0.15) is 5.82 Å². The van der Waals surface area contributed by atoms with Crippen molar-refractivity contribution in [1.29, 1.82) is 0 Å². The first-order valence-electron chi connectivity index (χ1n) is 13.9. The molecule has 2 aromatic heterocycles. The molecule has 3 saturated heterocycles. The van der Waals surface area contributed by atoms with Crippen LogP contribution < -0.4 is 15.4 Å². The third kappa shape index (κ3) is 5.86. The van der Waals surface area contributed by atoms with E-state index in [2.05, 4.69) is 9.62 Å². The van der Waals surface area contributed by atoms with Crippen molar-refractivity contribution < 1.29 is 18.3 Å². The highest BCUT2D eigenvalue weighted by molar-refractivity contribution is 7.92. The number of rotatable bonds is 7. The van der Waals surface area contributed by atoms with E-state index >= 15 is 0 Å². The van der Waals surface area contributed by atoms with E-state index in [1.165, 1.54) is 18.6 Å². The Morgan fingerprint density at radius 1 is 1.15 bits per heavy atom. The van der Waals surface area contributed by atoms with Crippen molar-refractivity contribution in [2.45, 2.75) is 50.4 Å². The van der Waals surface area contributed by atoms with Crippen LogP contribution in [0, 0.1) is 0 Å². The molecule has 1 aromatic carbocycles. The highest BCUT2D eigenvalue weighted by Crippen LogP contribution is 2.35. The van der Waals surface area contributed by atoms with Gasteiger partial charge in [-0.25, -0.2) is 13.4 Å². The number of aliphatic hydroxyl groups is 1. The molecule has 3 aliphatic rings. The van der Waals surface area contributed by atoms with Crippen molar-refractivity contribution in [2.75, 3.05) is 48.6 Å². The zero-order chi connectivity index (χ0) is 28.9. The maximum atomic E-state index is 13.9. The summed E-state index contributed by atoms with van der Waals surface area (Å²) in [5.41, 5.74) is 8.81. The Hall–Kier alpha value is -2.97. The molecule has 0 spiro atoms. The maximum Gasteiger partial charge on any atom is 0.256 e. The number of benzene rings is 1. The average Bonchev–Trinajstić information content (AvgIpc) is 3.48. The Morgan fingerprint density at radius 3 is 2.63 bits per heavy atom. The van der Waals surface area contributed by atoms with E-state index in [1.54, 1.807) is 15.5 Å². The van der Waals surface area contributed by atoms with Gasteiger partial charge in [0.15, 0.2) is 5.65 Å². The number of nitrogens with two attached hydrogens (primary N) is 1. The number of amides is 1. The van der Waals surface area contributed by atoms with E-state index in [0.29, 0.717) is 42.4 Å². The number of nitrogens with zero attached hydrogens (tertiary/aromatic N) is 6. The predicted molar refractivity (Wildman–Crippen MR) is 157 cm³/mol. The molecule has 6 rings (SSSR count). The number of β-amino-alcohol motifs (C(OH)–C–C–N with tert-alkyl or cyclic N) is 1. The van der Waals surface area contributed by atoms with Crippen LogP contribution in [0.15, 0.2) is 30.3 Å². The van der Waals surface area contributed by atoms with Gasteiger partial charge in [0, 0.05) is 49.4 Å². The summed E-state index contributed by atoms with van der Waals surface area (Å²) in [6, 6.07) is 7.81. The molecule has 41 heavy (non-hydrogen) atoms. The van der Waals surface area contributed by atoms with Crippen molar-refractivity contribution in [3.8, 4) is 0 Å². The molecule has 0 bridgehead atoms. The minimum atomic E-state index is -3.61. The smallest absolute Gasteiger partial charge is 0.256 e. The van der Waals surface area contributed by atoms with Crippen LogP contribution in [-0.2, 0) is 16.6 Å². The summed E-state index contributed by atoms with van der Waals surface area (Å²) in [7, 11) is -3.61. The zero-order valence-corrected chi connectivity index (χ0v) is 24.5. The van der Waals surface area contributed by atoms with Gasteiger partial charge in [-0.2, -0.15) is 9.61 Å². The third-order valence-electron chi connectivity index (χ3n) is 8.08. The number of anilines is 2. The third-order valence-corrected chi connectivity index (χ3v) is 8.91. The second-order valence-corrected chi connectivity index (χ2v) is 13.5. The summed E-state index contributed by atoms with van der Waals surface area (Å²) in [5, 5.41) is 15.7. The number of aliphatic hydroxyl groups excluding tert-OH is 1. The zero-order valence-electron chi connectivity index (χ0n) is 22.9. The average molecular weight is 603 g/mol. The van der Waals surface area contributed by atoms with Crippen LogP contribution >= 0.6 is 11.6 Å². The van der Waals surface area contributed by atoms with Crippen LogP contribution in [0.3, 0.4) is 0 Å². The topological polar surface area (TPSA) is 149 Å². The van der Waals surface area contributed by atoms with E-state index in [-0.39, 0.29) is 29.2 Å². The number of carbonyl (C=O) groups is 1. The van der Waals surface area contributed by atoms with Gasteiger partial charge in [0.05, 0.1) is 41.0 Å². The Labute approximate surface area is 244 Å². The number of likely N-dealkylation sites (tertiary alicyclic amines) is 2. The highest BCUT2D eigenvalue weighted by Gasteiger charge is 2.34. The van der Waals surface area contributed by atoms with Gasteiger partial charge in [-0.3, -0.25) is 14.4 Å². The number of fused-ring (bicyclic) bond motifs is 1. The van der Waals surface area contributed by atoms with Crippen molar-refractivity contribution in [1.82, 2.24) is 24.4 Å². The first kappa shape index (κ1) is 28.2. The monoisotopic (exact) mass is 602 g/mol. The van der Waals surface area contributed by atoms with Crippen molar-refractivity contribution in [3.05, 3.63) is 52.3 Å². The van der Waals surface area contributed by atoms with Crippen LogP contribution in [0.2, 0.25) is 5.02 Å². The van der Waals surface area contributed by atoms with E-state index in [0.717, 1.165) is 50.2 Å². The fraction of sp³-hybridized carbons (Fsp3) is 0.519. The van der Waals surface area contributed by atoms with Gasteiger partial charge >= 0.3 is 0 Å². The Kier molecular flexibility index (Phi) is 7.57. The molecule has 3 atom stereocenters. The molecular weight excluding hydrogens is 568 g/mol. The Bertz CT molecular complexity index is 1570. The lowest BCUT2D eigenvalue weighted by Crippen LogP contribution is -2.39. The van der Waals surface area contributed by atoms with Gasteiger partial charge in [-0.05, 0) is 57.0 Å². The lowest BCUT2D eigenvalue weighted by molar-refractivity contribution is 0.0607. The summed E-state index contributed by atoms with van der Waals surface area (Å²) < 4.78 is 28.2. The molecule has 0 radical (unpaired) electrons. The van der Waals surface area contributed by atoms with E-state index in [9.17, 15) is 18.3 Å². The lowest BCUT2D eigenvalue weighted by Gasteiger charge is -2.35. The minimum Gasteiger partial charge on any atom is -0.390 e. The first-order valence-corrected chi connectivity index (χ1v) is 16.2. The summed E-state index contributed by atoms with van der Waals surface area (Å²) in [4.78, 5) is 25.0. The predicted octanol–water partition coefficient (Wildman–Crippen LogP) is 1.84. The molecule has 3 fully saturated rings. The summed E-state index contributed by atoms with van der Waals surface area (Å²) >= 11 is 6.24. The molecule has 3 aromatic rings. The van der Waals surface area contributed by atoms with Crippen molar-refractivity contribution in [2.24, 2.45) is 5.73 Å². The second-order valence-electron chi connectivity index (χ2n) is 11.3. The van der Waals surface area contributed by atoms with E-state index in [1.807, 2.05) is 17.0 Å². The molecule has 5 heterocycles. The molecular formula is C27H35ClN8O4S. The van der Waals surface area contributed by atoms with Crippen LogP contribution in [0.5, 0.6) is 0 Å². The summed E-state index contributed by atoms with van der Waals surface area (Å²) in [6.07, 6.45) is 4.03. The van der Waals surface area contributed by atoms with Crippen molar-refractivity contribution in [3.63, 3.8) is 0 Å². The number of hydrogen-bond donors (Lipinski definition) is 3. The fourth-order valence-corrected chi connectivity index (χ4v) is 6.63. The molecule has 12 nitrogen and oxygen atoms in total. The van der Waals surface area contributed by atoms with Crippen LogP contribution in [0.25, 0.3) is 5.65 Å². The van der Waals surface area contributed by atoms with Crippen LogP contribution in [0.4, 0.5) is 11.5 Å². The van der Waals surface area contributed by atoms with Gasteiger partial charge in [-0.1, -0.05) is 11.6 Å². The second kappa shape index (κ2) is 11.0. The quantitative estimate of drug-likeness (QED) is 0.368. The molecule has 0 aliphatic carbocycles. The number of piperidine rings is 1. The SMILES string of the molecule is CS(=O)(=O)Nc1ccc(Cl)cc1C(=O)N1CCCC[C@H]1c1cc2nc(CN3CCC3)cc(N3C[C@H](N)[C@@H](O)C3)n2n1. The molecule has 0 unspecified atom stereocenters. The molecule has 14 heteroatoms. The number of hydrogen-bond acceptors (Lipinski definition) is 9. The Balaban J connectivity index is 1.38. The highest BCUT2D eigenvalue weighted by atomic mass is 35.5. The first-order chi connectivity index (χ1) is 19.6. The largest absolute Gasteiger partial charge is 0.390 e. The molecule has 1 amide bonds. The minimum absolute atomic E-state index is 0.185. The van der Waals surface area contributed by atoms with Crippen LogP contribution in [-0.4, -0.2) is 95.0 Å². The van der Waals surface area contributed by atoms with Gasteiger partial charge in [0.25, 0.3) is 5.91 Å². The van der Waals surface area contributed by atoms with Gasteiger partial charge in [-0.15, -0.1) is 0 Å². The summed E-state index contributed by atoms with van der Waals surface area (Å²) in [6.45, 7) is 4.20. The van der Waals surface area contributed by atoms with Crippen LogP contribution in [0.1, 0.15) is 53.5 Å².